The predicted molar refractivity (Wildman–Crippen MR) is 165 cm³/mol. The van der Waals surface area contributed by atoms with E-state index in [-0.39, 0.29) is 32.9 Å². The quantitative estimate of drug-likeness (QED) is 0.123. The van der Waals surface area contributed by atoms with Crippen molar-refractivity contribution in [3.8, 4) is 11.3 Å². The van der Waals surface area contributed by atoms with Crippen LogP contribution in [0.2, 0.25) is 10.0 Å². The van der Waals surface area contributed by atoms with Gasteiger partial charge in [-0.1, -0.05) is 87.2 Å². The number of amides is 1. The summed E-state index contributed by atoms with van der Waals surface area (Å²) in [5, 5.41) is 14.0. The molecule has 3 aromatic rings. The van der Waals surface area contributed by atoms with Crippen LogP contribution in [0.3, 0.4) is 0 Å². The summed E-state index contributed by atoms with van der Waals surface area (Å²) < 4.78 is 21.0. The number of anilines is 1. The highest BCUT2D eigenvalue weighted by Gasteiger charge is 2.17. The molecule has 1 aromatic heterocycles. The van der Waals surface area contributed by atoms with Crippen LogP contribution in [-0.4, -0.2) is 28.6 Å². The number of aromatic nitrogens is 1. The number of nitrogens with one attached hydrogen (secondary N) is 1. The number of rotatable bonds is 16. The Bertz CT molecular complexity index is 1350. The Morgan fingerprint density at radius 1 is 1.07 bits per heavy atom. The largest absolute Gasteiger partial charge is 0.478 e. The molecule has 0 aliphatic carbocycles. The molecule has 0 saturated heterocycles. The van der Waals surface area contributed by atoms with Crippen LogP contribution in [0.4, 0.5) is 9.52 Å². The number of nitrogens with zero attached hydrogens (tertiary/aromatic N) is 1. The standard InChI is InChI=1S/C31H35Cl2FN2O4S/c1-3-4-5-6-7-8-9-10-14-40-18-21-12-11-13-23(28(21)34)27-19-41-31(35-27)36-29(37)22-16-25(32)24(26(33)17-22)15-20(2)30(38)39/h11-13,15-17,19H,3-10,14,18H2,1-2H3,(H,38,39)(H,35,36,37)/b20-15+. The summed E-state index contributed by atoms with van der Waals surface area (Å²) in [5.74, 6) is -2.01. The summed E-state index contributed by atoms with van der Waals surface area (Å²) >= 11 is 13.7. The maximum atomic E-state index is 15.3. The first-order valence-corrected chi connectivity index (χ1v) is 15.4. The van der Waals surface area contributed by atoms with Gasteiger partial charge in [0.1, 0.15) is 5.82 Å². The Kier molecular flexibility index (Phi) is 13.3. The van der Waals surface area contributed by atoms with Crippen molar-refractivity contribution in [2.24, 2.45) is 0 Å². The number of halogens is 3. The van der Waals surface area contributed by atoms with Crippen LogP contribution in [0.15, 0.2) is 41.3 Å². The zero-order valence-corrected chi connectivity index (χ0v) is 25.6. The summed E-state index contributed by atoms with van der Waals surface area (Å²) in [6, 6.07) is 7.90. The minimum atomic E-state index is -1.10. The first kappa shape index (κ1) is 32.7. The van der Waals surface area contributed by atoms with Gasteiger partial charge >= 0.3 is 5.97 Å². The summed E-state index contributed by atoms with van der Waals surface area (Å²) in [5.41, 5.74) is 1.70. The number of carboxylic acid groups (broad SMARTS) is 1. The van der Waals surface area contributed by atoms with E-state index in [2.05, 4.69) is 17.2 Å². The molecule has 0 fully saturated rings. The number of benzene rings is 2. The van der Waals surface area contributed by atoms with Crippen LogP contribution in [-0.2, 0) is 16.1 Å². The van der Waals surface area contributed by atoms with Crippen molar-refractivity contribution in [1.82, 2.24) is 4.98 Å². The van der Waals surface area contributed by atoms with E-state index in [1.807, 2.05) is 0 Å². The van der Waals surface area contributed by atoms with Gasteiger partial charge in [-0.05, 0) is 37.6 Å². The second-order valence-corrected chi connectivity index (χ2v) is 11.5. The van der Waals surface area contributed by atoms with Crippen molar-refractivity contribution in [1.29, 1.82) is 0 Å². The Hall–Kier alpha value is -2.78. The highest BCUT2D eigenvalue weighted by Crippen LogP contribution is 2.31. The molecule has 0 aliphatic rings. The molecule has 1 heterocycles. The average Bonchev–Trinajstić information content (AvgIpc) is 3.40. The molecule has 0 aliphatic heterocycles. The van der Waals surface area contributed by atoms with Crippen molar-refractivity contribution in [2.75, 3.05) is 11.9 Å². The highest BCUT2D eigenvalue weighted by atomic mass is 35.5. The highest BCUT2D eigenvalue weighted by molar-refractivity contribution is 7.14. The van der Waals surface area contributed by atoms with Gasteiger partial charge in [0, 0.05) is 39.8 Å². The molecule has 6 nitrogen and oxygen atoms in total. The number of hydrogen-bond acceptors (Lipinski definition) is 5. The first-order chi connectivity index (χ1) is 19.7. The second-order valence-electron chi connectivity index (χ2n) is 9.78. The lowest BCUT2D eigenvalue weighted by Crippen LogP contribution is -2.12. The lowest BCUT2D eigenvalue weighted by Gasteiger charge is -2.09. The normalized spacial score (nSPS) is 11.6. The van der Waals surface area contributed by atoms with Gasteiger partial charge in [0.15, 0.2) is 5.13 Å². The second kappa shape index (κ2) is 16.6. The number of unbranched alkanes of at least 4 members (excludes halogenated alkanes) is 7. The van der Waals surface area contributed by atoms with Crippen molar-refractivity contribution in [2.45, 2.75) is 71.8 Å². The van der Waals surface area contributed by atoms with E-state index >= 15 is 4.39 Å². The molecular formula is C31H35Cl2FN2O4S. The Morgan fingerprint density at radius 3 is 2.39 bits per heavy atom. The topological polar surface area (TPSA) is 88.5 Å². The molecule has 220 valence electrons. The lowest BCUT2D eigenvalue weighted by molar-refractivity contribution is -0.132. The minimum absolute atomic E-state index is 0.0488. The Morgan fingerprint density at radius 2 is 1.73 bits per heavy atom. The maximum absolute atomic E-state index is 15.3. The number of aliphatic carboxylic acids is 1. The number of thiazole rings is 1. The van der Waals surface area contributed by atoms with Crippen LogP contribution in [0, 0.1) is 5.82 Å². The molecular weight excluding hydrogens is 586 g/mol. The fourth-order valence-electron chi connectivity index (χ4n) is 4.16. The molecule has 0 atom stereocenters. The van der Waals surface area contributed by atoms with E-state index in [0.29, 0.717) is 29.0 Å². The lowest BCUT2D eigenvalue weighted by atomic mass is 10.1. The summed E-state index contributed by atoms with van der Waals surface area (Å²) in [7, 11) is 0. The van der Waals surface area contributed by atoms with Crippen LogP contribution in [0.5, 0.6) is 0 Å². The molecule has 41 heavy (non-hydrogen) atoms. The van der Waals surface area contributed by atoms with Crippen LogP contribution < -0.4 is 5.32 Å². The molecule has 10 heteroatoms. The molecule has 0 saturated carbocycles. The molecule has 0 spiro atoms. The van der Waals surface area contributed by atoms with Crippen molar-refractivity contribution in [3.05, 3.63) is 73.8 Å². The summed E-state index contributed by atoms with van der Waals surface area (Å²) in [6.07, 6.45) is 11.0. The van der Waals surface area contributed by atoms with E-state index in [9.17, 15) is 9.59 Å². The van der Waals surface area contributed by atoms with Gasteiger partial charge in [0.25, 0.3) is 5.91 Å². The number of ether oxygens (including phenoxy) is 1. The van der Waals surface area contributed by atoms with Gasteiger partial charge in [-0.25, -0.2) is 14.2 Å². The first-order valence-electron chi connectivity index (χ1n) is 13.7. The van der Waals surface area contributed by atoms with E-state index in [1.165, 1.54) is 63.7 Å². The zero-order valence-electron chi connectivity index (χ0n) is 23.3. The SMILES string of the molecule is CCCCCCCCCCOCc1cccc(-c2csc(NC(=O)c3cc(Cl)c(/C=C(\C)C(=O)O)c(Cl)c3)n2)c1F. The number of carbonyl (C=O) groups excluding carboxylic acids is 1. The van der Waals surface area contributed by atoms with Crippen LogP contribution in [0.1, 0.15) is 86.7 Å². The number of carbonyl (C=O) groups is 2. The molecule has 0 unspecified atom stereocenters. The third-order valence-corrected chi connectivity index (χ3v) is 7.90. The number of hydrogen-bond donors (Lipinski definition) is 2. The third kappa shape index (κ3) is 9.92. The monoisotopic (exact) mass is 620 g/mol. The van der Waals surface area contributed by atoms with Gasteiger partial charge in [-0.3, -0.25) is 10.1 Å². The van der Waals surface area contributed by atoms with Gasteiger partial charge in [-0.2, -0.15) is 0 Å². The van der Waals surface area contributed by atoms with Gasteiger partial charge in [-0.15, -0.1) is 11.3 Å². The number of carboxylic acids is 1. The van der Waals surface area contributed by atoms with Crippen molar-refractivity contribution >= 4 is 57.6 Å². The third-order valence-electron chi connectivity index (χ3n) is 6.52. The molecule has 3 rings (SSSR count). The van der Waals surface area contributed by atoms with Crippen LogP contribution in [0.25, 0.3) is 17.3 Å². The summed E-state index contributed by atoms with van der Waals surface area (Å²) in [4.78, 5) is 28.3. The maximum Gasteiger partial charge on any atom is 0.331 e. The predicted octanol–water partition coefficient (Wildman–Crippen LogP) is 9.65. The minimum Gasteiger partial charge on any atom is -0.478 e. The fourth-order valence-corrected chi connectivity index (χ4v) is 5.47. The fraction of sp³-hybridized carbons (Fsp3) is 0.387. The van der Waals surface area contributed by atoms with Crippen LogP contribution >= 0.6 is 34.5 Å². The zero-order chi connectivity index (χ0) is 29.8. The van der Waals surface area contributed by atoms with Crippen molar-refractivity contribution in [3.63, 3.8) is 0 Å². The molecule has 1 amide bonds. The Balaban J connectivity index is 1.57. The Labute approximate surface area is 254 Å². The smallest absolute Gasteiger partial charge is 0.331 e. The van der Waals surface area contributed by atoms with E-state index in [1.54, 1.807) is 23.6 Å². The average molecular weight is 622 g/mol. The van der Waals surface area contributed by atoms with E-state index < -0.39 is 17.7 Å². The summed E-state index contributed by atoms with van der Waals surface area (Å²) in [6.45, 7) is 4.41. The molecule has 2 aromatic carbocycles. The van der Waals surface area contributed by atoms with E-state index in [0.717, 1.165) is 24.2 Å². The van der Waals surface area contributed by atoms with Crippen molar-refractivity contribution < 1.29 is 23.8 Å². The molecule has 2 N–H and O–H groups in total. The molecule has 0 bridgehead atoms. The van der Waals surface area contributed by atoms with E-state index in [4.69, 9.17) is 33.0 Å². The van der Waals surface area contributed by atoms with Gasteiger partial charge < -0.3 is 9.84 Å². The van der Waals surface area contributed by atoms with Gasteiger partial charge in [0.2, 0.25) is 0 Å². The molecule has 0 radical (unpaired) electrons. The van der Waals surface area contributed by atoms with Gasteiger partial charge in [0.05, 0.1) is 22.3 Å².